The van der Waals surface area contributed by atoms with Crippen LogP contribution in [0.3, 0.4) is 0 Å². The van der Waals surface area contributed by atoms with Gasteiger partial charge in [0.25, 0.3) is 0 Å². The fraction of sp³-hybridized carbons (Fsp3) is 1.00. The van der Waals surface area contributed by atoms with Crippen LogP contribution >= 0.6 is 0 Å². The number of quaternary nitrogens is 1. The van der Waals surface area contributed by atoms with Crippen molar-refractivity contribution in [1.82, 2.24) is 0 Å². The Morgan fingerprint density at radius 3 is 1.88 bits per heavy atom. The number of aliphatic hydroxyl groups excluding tert-OH is 1. The second kappa shape index (κ2) is 3.76. The molecule has 8 heavy (non-hydrogen) atoms. The van der Waals surface area contributed by atoms with E-state index in [0.29, 0.717) is 0 Å². The van der Waals surface area contributed by atoms with Gasteiger partial charge in [-0.2, -0.15) is 0 Å². The van der Waals surface area contributed by atoms with Crippen LogP contribution in [0.5, 0.6) is 0 Å². The van der Waals surface area contributed by atoms with E-state index >= 15 is 0 Å². The van der Waals surface area contributed by atoms with Gasteiger partial charge in [-0.25, -0.2) is 0 Å². The molecule has 5 heteroatoms. The Bertz CT molecular complexity index is 49.2. The smallest absolute Gasteiger partial charge is 0.334 e. The fourth-order valence-electron chi connectivity index (χ4n) is 0.0913. The molecule has 0 radical (unpaired) electrons. The van der Waals surface area contributed by atoms with E-state index in [1.165, 1.54) is 7.05 Å². The van der Waals surface area contributed by atoms with Crippen LogP contribution in [-0.2, 0) is 0 Å². The second-order valence-corrected chi connectivity index (χ2v) is 1.33. The van der Waals surface area contributed by atoms with Gasteiger partial charge in [-0.1, -0.05) is 0 Å². The van der Waals surface area contributed by atoms with Crippen LogP contribution in [0.2, 0.25) is 0 Å². The molecule has 0 atom stereocenters. The number of hydrogen-bond acceptors (Lipinski definition) is 4. The quantitative estimate of drug-likeness (QED) is 0.289. The third-order valence-corrected chi connectivity index (χ3v) is 0.695. The van der Waals surface area contributed by atoms with Gasteiger partial charge < -0.3 is 20.8 Å². The Balaban J connectivity index is 0. The maximum absolute atomic E-state index is 8.38. The van der Waals surface area contributed by atoms with Crippen molar-refractivity contribution in [3.8, 4) is 0 Å². The minimum atomic E-state index is -1.99. The van der Waals surface area contributed by atoms with E-state index in [4.69, 9.17) is 15.3 Å². The lowest BCUT2D eigenvalue weighted by molar-refractivity contribution is -0.794. The molecular formula is C3H11NO4. The molecule has 6 N–H and O–H groups in total. The highest BCUT2D eigenvalue weighted by atomic mass is 16.5. The summed E-state index contributed by atoms with van der Waals surface area (Å²) in [7, 11) is 1.45. The van der Waals surface area contributed by atoms with E-state index in [1.807, 2.05) is 0 Å². The first-order valence-corrected chi connectivity index (χ1v) is 1.98. The van der Waals surface area contributed by atoms with E-state index in [9.17, 15) is 0 Å². The Morgan fingerprint density at radius 2 is 1.88 bits per heavy atom. The fourth-order valence-corrected chi connectivity index (χ4v) is 0.0913. The molecule has 0 saturated carbocycles. The lowest BCUT2D eigenvalue weighted by Gasteiger charge is -2.11. The van der Waals surface area contributed by atoms with Gasteiger partial charge in [0.05, 0.1) is 7.05 Å². The zero-order chi connectivity index (χ0) is 5.91. The minimum Gasteiger partial charge on any atom is -0.870 e. The summed E-state index contributed by atoms with van der Waals surface area (Å²) < 4.78 is 0. The molecule has 0 rings (SSSR count). The maximum atomic E-state index is 8.38. The second-order valence-electron chi connectivity index (χ2n) is 1.33. The van der Waals surface area contributed by atoms with Crippen LogP contribution in [-0.4, -0.2) is 40.4 Å². The van der Waals surface area contributed by atoms with Gasteiger partial charge in [0.15, 0.2) is 6.61 Å². The van der Waals surface area contributed by atoms with Gasteiger partial charge in [-0.3, -0.25) is 5.32 Å². The van der Waals surface area contributed by atoms with Crippen LogP contribution in [0.1, 0.15) is 0 Å². The van der Waals surface area contributed by atoms with Crippen LogP contribution in [0, 0.1) is 0 Å². The van der Waals surface area contributed by atoms with Crippen LogP contribution in [0.25, 0.3) is 0 Å². The maximum Gasteiger partial charge on any atom is 0.334 e. The zero-order valence-electron chi connectivity index (χ0n) is 4.57. The summed E-state index contributed by atoms with van der Waals surface area (Å²) in [6.45, 7) is -0.649. The first kappa shape index (κ1) is 10.7. The first-order valence-electron chi connectivity index (χ1n) is 1.98. The van der Waals surface area contributed by atoms with Crippen LogP contribution in [0.15, 0.2) is 0 Å². The Kier molecular flexibility index (Phi) is 5.04. The molecule has 0 aliphatic heterocycles. The molecule has 0 spiro atoms. The van der Waals surface area contributed by atoms with Crippen LogP contribution in [0.4, 0.5) is 0 Å². The summed E-state index contributed by atoms with van der Waals surface area (Å²) >= 11 is 0. The number of aliphatic hydroxyl groups is 3. The molecule has 0 aromatic rings. The molecular weight excluding hydrogens is 114 g/mol. The zero-order valence-corrected chi connectivity index (χ0v) is 4.57. The summed E-state index contributed by atoms with van der Waals surface area (Å²) in [5.41, 5.74) is 0. The van der Waals surface area contributed by atoms with Crippen molar-refractivity contribution in [1.29, 1.82) is 0 Å². The Labute approximate surface area is 46.9 Å². The Hall–Kier alpha value is -0.200. The summed E-state index contributed by atoms with van der Waals surface area (Å²) in [6.07, 6.45) is 0. The molecule has 0 aliphatic carbocycles. The molecule has 52 valence electrons. The third-order valence-electron chi connectivity index (χ3n) is 0.695. The van der Waals surface area contributed by atoms with Crippen molar-refractivity contribution < 1.29 is 26.1 Å². The molecule has 0 aromatic carbocycles. The molecule has 0 amide bonds. The third kappa shape index (κ3) is 3.97. The monoisotopic (exact) mass is 125 g/mol. The molecule has 0 unspecified atom stereocenters. The molecule has 5 nitrogen and oxygen atoms in total. The molecule has 0 bridgehead atoms. The van der Waals surface area contributed by atoms with Crippen LogP contribution < -0.4 is 5.32 Å². The minimum absolute atomic E-state index is 0. The van der Waals surface area contributed by atoms with E-state index < -0.39 is 12.5 Å². The number of hydrogen-bond donors (Lipinski definition) is 4. The normalized spacial score (nSPS) is 10.5. The van der Waals surface area contributed by atoms with E-state index in [0.717, 1.165) is 5.32 Å². The van der Waals surface area contributed by atoms with Gasteiger partial charge in [-0.05, 0) is 0 Å². The van der Waals surface area contributed by atoms with Crippen molar-refractivity contribution >= 4 is 0 Å². The summed E-state index contributed by atoms with van der Waals surface area (Å²) in [6, 6.07) is 0. The average molecular weight is 125 g/mol. The number of likely N-dealkylation sites (N-methyl/N-ethyl adjacent to an activating group) is 1. The Morgan fingerprint density at radius 1 is 1.50 bits per heavy atom. The van der Waals surface area contributed by atoms with Crippen molar-refractivity contribution in [2.75, 3.05) is 13.7 Å². The highest BCUT2D eigenvalue weighted by molar-refractivity contribution is 4.34. The van der Waals surface area contributed by atoms with Crippen molar-refractivity contribution in [3.63, 3.8) is 0 Å². The van der Waals surface area contributed by atoms with Crippen molar-refractivity contribution in [2.45, 2.75) is 5.91 Å². The van der Waals surface area contributed by atoms with Gasteiger partial charge in [0.1, 0.15) is 0 Å². The van der Waals surface area contributed by atoms with Gasteiger partial charge in [0.2, 0.25) is 0 Å². The average Bonchev–Trinajstić information content (AvgIpc) is 1.68. The van der Waals surface area contributed by atoms with Gasteiger partial charge >= 0.3 is 5.91 Å². The van der Waals surface area contributed by atoms with Gasteiger partial charge in [0, 0.05) is 0 Å². The van der Waals surface area contributed by atoms with E-state index in [-0.39, 0.29) is 5.48 Å². The lowest BCUT2D eigenvalue weighted by atomic mass is 10.5. The van der Waals surface area contributed by atoms with Crippen molar-refractivity contribution in [2.24, 2.45) is 0 Å². The topological polar surface area (TPSA) is 107 Å². The van der Waals surface area contributed by atoms with Gasteiger partial charge in [-0.15, -0.1) is 0 Å². The standard InChI is InChI=1S/C3H9NO3.H2O/c1-4-3(6,7)2-5;/h4-7H,2H2,1H3;1H2. The molecule has 0 saturated heterocycles. The predicted molar refractivity (Wildman–Crippen MR) is 24.0 cm³/mol. The number of rotatable bonds is 2. The molecule has 0 fully saturated rings. The summed E-state index contributed by atoms with van der Waals surface area (Å²) in [5, 5.41) is 25.9. The van der Waals surface area contributed by atoms with E-state index in [1.54, 1.807) is 0 Å². The molecule has 0 aromatic heterocycles. The highest BCUT2D eigenvalue weighted by Crippen LogP contribution is 1.76. The summed E-state index contributed by atoms with van der Waals surface area (Å²) in [5.74, 6) is -1.99. The highest BCUT2D eigenvalue weighted by Gasteiger charge is 2.21. The SMILES string of the molecule is C[NH2+]C(O)(O)CO.[OH-]. The predicted octanol–water partition coefficient (Wildman–Crippen LogP) is -3.37. The molecule has 0 heterocycles. The van der Waals surface area contributed by atoms with E-state index in [2.05, 4.69) is 0 Å². The molecule has 0 aliphatic rings. The van der Waals surface area contributed by atoms with Crippen molar-refractivity contribution in [3.05, 3.63) is 0 Å². The number of nitrogens with two attached hydrogens (primary N) is 1. The lowest BCUT2D eigenvalue weighted by Crippen LogP contribution is -2.95. The summed E-state index contributed by atoms with van der Waals surface area (Å²) in [4.78, 5) is 0. The largest absolute Gasteiger partial charge is 0.870 e. The first-order chi connectivity index (χ1) is 3.12.